The van der Waals surface area contributed by atoms with Crippen LogP contribution in [0.15, 0.2) is 0 Å². The Kier molecular flexibility index (Phi) is 5.37. The predicted molar refractivity (Wildman–Crippen MR) is 71.2 cm³/mol. The summed E-state index contributed by atoms with van der Waals surface area (Å²) < 4.78 is 10.4. The van der Waals surface area contributed by atoms with Gasteiger partial charge in [-0.05, 0) is 31.6 Å². The number of methoxy groups -OCH3 is 1. The summed E-state index contributed by atoms with van der Waals surface area (Å²) in [6.45, 7) is 1.44. The van der Waals surface area contributed by atoms with Crippen molar-refractivity contribution in [1.82, 2.24) is 5.32 Å². The lowest BCUT2D eigenvalue weighted by atomic mass is 9.81. The number of rotatable bonds is 6. The van der Waals surface area contributed by atoms with E-state index in [-0.39, 0.29) is 30.4 Å². The molecule has 0 spiro atoms. The summed E-state index contributed by atoms with van der Waals surface area (Å²) in [5, 5.41) is 12.1. The molecule has 1 heterocycles. The lowest BCUT2D eigenvalue weighted by molar-refractivity contribution is -0.145. The van der Waals surface area contributed by atoms with E-state index in [1.165, 1.54) is 0 Å². The molecule has 0 aromatic carbocycles. The van der Waals surface area contributed by atoms with Crippen LogP contribution in [-0.2, 0) is 19.1 Å². The highest BCUT2D eigenvalue weighted by molar-refractivity contribution is 5.80. The molecule has 1 atom stereocenters. The van der Waals surface area contributed by atoms with Crippen LogP contribution < -0.4 is 5.32 Å². The molecule has 0 radical (unpaired) electrons. The van der Waals surface area contributed by atoms with E-state index in [0.29, 0.717) is 13.2 Å². The van der Waals surface area contributed by atoms with Crippen molar-refractivity contribution in [3.8, 4) is 0 Å². The van der Waals surface area contributed by atoms with Gasteiger partial charge in [0.25, 0.3) is 0 Å². The van der Waals surface area contributed by atoms with Crippen molar-refractivity contribution in [2.24, 2.45) is 17.8 Å². The van der Waals surface area contributed by atoms with E-state index in [9.17, 15) is 14.7 Å². The third-order valence-corrected chi connectivity index (χ3v) is 4.45. The maximum atomic E-state index is 11.9. The fourth-order valence-electron chi connectivity index (χ4n) is 2.90. The van der Waals surface area contributed by atoms with Crippen molar-refractivity contribution in [1.29, 1.82) is 0 Å². The third kappa shape index (κ3) is 3.70. The van der Waals surface area contributed by atoms with Crippen molar-refractivity contribution in [3.63, 3.8) is 0 Å². The summed E-state index contributed by atoms with van der Waals surface area (Å²) in [6, 6.07) is 0. The van der Waals surface area contributed by atoms with Gasteiger partial charge in [-0.3, -0.25) is 9.59 Å². The summed E-state index contributed by atoms with van der Waals surface area (Å²) in [4.78, 5) is 23.3. The van der Waals surface area contributed by atoms with Gasteiger partial charge in [-0.15, -0.1) is 0 Å². The van der Waals surface area contributed by atoms with Crippen molar-refractivity contribution in [3.05, 3.63) is 0 Å². The molecule has 0 aromatic heterocycles. The minimum Gasteiger partial charge on any atom is -0.481 e. The van der Waals surface area contributed by atoms with Gasteiger partial charge in [-0.25, -0.2) is 0 Å². The number of carboxylic acids is 1. The van der Waals surface area contributed by atoms with Crippen LogP contribution in [0.1, 0.15) is 25.7 Å². The molecule has 2 N–H and O–H groups in total. The number of amides is 1. The molecule has 0 aromatic rings. The Hall–Kier alpha value is -1.14. The molecule has 1 saturated carbocycles. The molecule has 1 unspecified atom stereocenters. The van der Waals surface area contributed by atoms with E-state index >= 15 is 0 Å². The highest BCUT2D eigenvalue weighted by Crippen LogP contribution is 2.30. The molecule has 1 amide bonds. The Morgan fingerprint density at radius 2 is 2.00 bits per heavy atom. The predicted octanol–water partition coefficient (Wildman–Crippen LogP) is 0.655. The van der Waals surface area contributed by atoms with Gasteiger partial charge < -0.3 is 19.9 Å². The van der Waals surface area contributed by atoms with Crippen LogP contribution in [0.25, 0.3) is 0 Å². The molecule has 6 heteroatoms. The minimum atomic E-state index is -0.833. The number of carboxylic acid groups (broad SMARTS) is 1. The molecule has 6 nitrogen and oxygen atoms in total. The van der Waals surface area contributed by atoms with E-state index in [1.807, 2.05) is 0 Å². The average molecular weight is 285 g/mol. The molecule has 1 saturated heterocycles. The van der Waals surface area contributed by atoms with E-state index in [2.05, 4.69) is 5.32 Å². The van der Waals surface area contributed by atoms with Crippen molar-refractivity contribution in [2.75, 3.05) is 26.9 Å². The summed E-state index contributed by atoms with van der Waals surface area (Å²) >= 11 is 0. The number of nitrogens with one attached hydrogen (secondary N) is 1. The van der Waals surface area contributed by atoms with Crippen molar-refractivity contribution < 1.29 is 24.2 Å². The molecule has 1 aliphatic heterocycles. The van der Waals surface area contributed by atoms with Gasteiger partial charge in [0.2, 0.25) is 5.91 Å². The first-order valence-electron chi connectivity index (χ1n) is 7.23. The zero-order valence-corrected chi connectivity index (χ0v) is 11.8. The van der Waals surface area contributed by atoms with Crippen molar-refractivity contribution in [2.45, 2.75) is 31.8 Å². The van der Waals surface area contributed by atoms with Crippen molar-refractivity contribution >= 4 is 11.9 Å². The minimum absolute atomic E-state index is 0.0240. The Bertz CT molecular complexity index is 347. The Morgan fingerprint density at radius 3 is 2.55 bits per heavy atom. The summed E-state index contributed by atoms with van der Waals surface area (Å²) in [5.74, 6) is -1.32. The lowest BCUT2D eigenvalue weighted by Gasteiger charge is -2.33. The quantitative estimate of drug-likeness (QED) is 0.748. The second-order valence-corrected chi connectivity index (χ2v) is 5.67. The number of ether oxygens (including phenoxy) is 2. The number of hydrogen-bond donors (Lipinski definition) is 2. The van der Waals surface area contributed by atoms with E-state index < -0.39 is 11.9 Å². The van der Waals surface area contributed by atoms with E-state index in [4.69, 9.17) is 9.47 Å². The molecule has 1 aliphatic carbocycles. The molecule has 0 bridgehead atoms. The van der Waals surface area contributed by atoms with Gasteiger partial charge in [-0.1, -0.05) is 0 Å². The number of carbonyl (C=O) groups excluding carboxylic acids is 1. The number of aliphatic carboxylic acids is 1. The molecular formula is C14H23NO5. The highest BCUT2D eigenvalue weighted by Gasteiger charge is 2.36. The molecule has 20 heavy (non-hydrogen) atoms. The van der Waals surface area contributed by atoms with Crippen LogP contribution in [0.5, 0.6) is 0 Å². The topological polar surface area (TPSA) is 84.9 Å². The Labute approximate surface area is 118 Å². The highest BCUT2D eigenvalue weighted by atomic mass is 16.5. The fraction of sp³-hybridized carbons (Fsp3) is 0.857. The Morgan fingerprint density at radius 1 is 1.35 bits per heavy atom. The fourth-order valence-corrected chi connectivity index (χ4v) is 2.90. The summed E-state index contributed by atoms with van der Waals surface area (Å²) in [7, 11) is 1.64. The number of carbonyl (C=O) groups is 2. The van der Waals surface area contributed by atoms with Gasteiger partial charge in [0.15, 0.2) is 0 Å². The first-order valence-corrected chi connectivity index (χ1v) is 7.23. The monoisotopic (exact) mass is 285 g/mol. The Balaban J connectivity index is 1.77. The van der Waals surface area contributed by atoms with Gasteiger partial charge in [0.05, 0.1) is 12.0 Å². The van der Waals surface area contributed by atoms with Crippen LogP contribution >= 0.6 is 0 Å². The van der Waals surface area contributed by atoms with E-state index in [0.717, 1.165) is 25.7 Å². The summed E-state index contributed by atoms with van der Waals surface area (Å²) in [6.07, 6.45) is 3.15. The van der Waals surface area contributed by atoms with Crippen LogP contribution in [-0.4, -0.2) is 50.0 Å². The zero-order valence-electron chi connectivity index (χ0n) is 11.8. The van der Waals surface area contributed by atoms with Crippen LogP contribution in [0.4, 0.5) is 0 Å². The van der Waals surface area contributed by atoms with Crippen LogP contribution in [0.3, 0.4) is 0 Å². The van der Waals surface area contributed by atoms with Gasteiger partial charge in [0, 0.05) is 32.8 Å². The maximum Gasteiger partial charge on any atom is 0.308 e. The standard InChI is InChI=1S/C14H23NO5/c1-19-11-6-10(7-11)13(16)15-8-12(14(17)18)9-2-4-20-5-3-9/h9-12H,2-8H2,1H3,(H,15,16)(H,17,18). The first-order chi connectivity index (χ1) is 9.61. The smallest absolute Gasteiger partial charge is 0.308 e. The molecule has 114 valence electrons. The average Bonchev–Trinajstić information content (AvgIpc) is 2.38. The number of hydrogen-bond acceptors (Lipinski definition) is 4. The van der Waals surface area contributed by atoms with Gasteiger partial charge >= 0.3 is 5.97 Å². The molecule has 2 rings (SSSR count). The van der Waals surface area contributed by atoms with Gasteiger partial charge in [-0.2, -0.15) is 0 Å². The second-order valence-electron chi connectivity index (χ2n) is 5.67. The zero-order chi connectivity index (χ0) is 14.5. The molecular weight excluding hydrogens is 262 g/mol. The molecule has 2 fully saturated rings. The van der Waals surface area contributed by atoms with Gasteiger partial charge in [0.1, 0.15) is 0 Å². The van der Waals surface area contributed by atoms with Crippen LogP contribution in [0.2, 0.25) is 0 Å². The van der Waals surface area contributed by atoms with E-state index in [1.54, 1.807) is 7.11 Å². The lowest BCUT2D eigenvalue weighted by Crippen LogP contribution is -2.45. The third-order valence-electron chi connectivity index (χ3n) is 4.45. The largest absolute Gasteiger partial charge is 0.481 e. The maximum absolute atomic E-state index is 11.9. The first kappa shape index (κ1) is 15.3. The normalized spacial score (nSPS) is 28.4. The molecule has 2 aliphatic rings. The van der Waals surface area contributed by atoms with Crippen LogP contribution in [0, 0.1) is 17.8 Å². The summed E-state index contributed by atoms with van der Waals surface area (Å²) in [5.41, 5.74) is 0. The second kappa shape index (κ2) is 7.04. The SMILES string of the molecule is COC1CC(C(=O)NCC(C(=O)O)C2CCOCC2)C1.